The first-order valence-electron chi connectivity index (χ1n) is 8.95. The predicted molar refractivity (Wildman–Crippen MR) is 100 cm³/mol. The van der Waals surface area contributed by atoms with Gasteiger partial charge in [0.2, 0.25) is 0 Å². The lowest BCUT2D eigenvalue weighted by molar-refractivity contribution is -0.0505. The number of ether oxygens (including phenoxy) is 2. The quantitative estimate of drug-likeness (QED) is 0.414. The largest absolute Gasteiger partial charge is 0.497 e. The molecule has 0 saturated heterocycles. The van der Waals surface area contributed by atoms with Gasteiger partial charge >= 0.3 is 6.61 Å². The second-order valence-corrected chi connectivity index (χ2v) is 6.51. The summed E-state index contributed by atoms with van der Waals surface area (Å²) in [6.45, 7) is -2.83. The van der Waals surface area contributed by atoms with Crippen LogP contribution in [0.4, 0.5) is 17.6 Å². The van der Waals surface area contributed by atoms with Gasteiger partial charge in [0.25, 0.3) is 0 Å². The number of rotatable bonds is 7. The second-order valence-electron chi connectivity index (χ2n) is 6.51. The van der Waals surface area contributed by atoms with Crippen molar-refractivity contribution in [3.63, 3.8) is 0 Å². The van der Waals surface area contributed by atoms with E-state index in [9.17, 15) is 17.6 Å². The lowest BCUT2D eigenvalue weighted by Crippen LogP contribution is -2.38. The Kier molecular flexibility index (Phi) is 6.46. The maximum atomic E-state index is 13.9. The van der Waals surface area contributed by atoms with E-state index in [0.717, 1.165) is 0 Å². The first-order valence-corrected chi connectivity index (χ1v) is 8.95. The van der Waals surface area contributed by atoms with Crippen LogP contribution in [-0.2, 0) is 6.54 Å². The van der Waals surface area contributed by atoms with Crippen LogP contribution in [0.1, 0.15) is 23.5 Å². The van der Waals surface area contributed by atoms with Gasteiger partial charge in [-0.05, 0) is 36.8 Å². The first kappa shape index (κ1) is 20.8. The molecule has 3 rings (SSSR count). The van der Waals surface area contributed by atoms with Gasteiger partial charge < -0.3 is 20.1 Å². The standard InChI is InChI=1S/C20H21F4N3O2/c1-25-20(27-16-9-13(16)18-14(21)4-3-5-15(18)22)26-10-11-8-12(28-2)6-7-17(11)29-19(23)24/h3-8,13,16,19H,9-10H2,1-2H3,(H2,25,26,27). The Morgan fingerprint density at radius 3 is 2.55 bits per heavy atom. The molecular weight excluding hydrogens is 390 g/mol. The molecule has 0 spiro atoms. The molecular formula is C20H21F4N3O2. The number of nitrogens with one attached hydrogen (secondary N) is 2. The molecule has 2 atom stereocenters. The molecule has 0 amide bonds. The molecule has 0 bridgehead atoms. The zero-order valence-corrected chi connectivity index (χ0v) is 15.9. The molecule has 2 unspecified atom stereocenters. The molecule has 2 aromatic carbocycles. The van der Waals surface area contributed by atoms with E-state index < -0.39 is 18.2 Å². The van der Waals surface area contributed by atoms with Crippen molar-refractivity contribution in [2.24, 2.45) is 4.99 Å². The molecule has 2 aromatic rings. The molecule has 0 aliphatic heterocycles. The molecule has 5 nitrogen and oxygen atoms in total. The van der Waals surface area contributed by atoms with Crippen LogP contribution in [0.2, 0.25) is 0 Å². The zero-order valence-electron chi connectivity index (χ0n) is 15.9. The smallest absolute Gasteiger partial charge is 0.387 e. The van der Waals surface area contributed by atoms with Gasteiger partial charge in [-0.3, -0.25) is 4.99 Å². The number of guanidine groups is 1. The number of alkyl halides is 2. The van der Waals surface area contributed by atoms with E-state index in [-0.39, 0.29) is 29.8 Å². The average Bonchev–Trinajstić information content (AvgIpc) is 3.44. The van der Waals surface area contributed by atoms with E-state index in [2.05, 4.69) is 20.4 Å². The summed E-state index contributed by atoms with van der Waals surface area (Å²) in [5, 5.41) is 6.08. The minimum Gasteiger partial charge on any atom is -0.497 e. The topological polar surface area (TPSA) is 54.9 Å². The number of aliphatic imine (C=N–C) groups is 1. The summed E-state index contributed by atoms with van der Waals surface area (Å²) in [6, 6.07) is 8.10. The SMILES string of the molecule is CN=C(NCc1cc(OC)ccc1OC(F)F)NC1CC1c1c(F)cccc1F. The molecule has 1 aliphatic rings. The van der Waals surface area contributed by atoms with Gasteiger partial charge in [0.05, 0.1) is 7.11 Å². The van der Waals surface area contributed by atoms with Crippen LogP contribution in [0.3, 0.4) is 0 Å². The van der Waals surface area contributed by atoms with Gasteiger partial charge in [-0.25, -0.2) is 8.78 Å². The molecule has 0 radical (unpaired) electrons. The number of hydrogen-bond donors (Lipinski definition) is 2. The van der Waals surface area contributed by atoms with Crippen LogP contribution in [0.5, 0.6) is 11.5 Å². The summed E-state index contributed by atoms with van der Waals surface area (Å²) in [5.41, 5.74) is 0.501. The Bertz CT molecular complexity index is 872. The van der Waals surface area contributed by atoms with E-state index in [0.29, 0.717) is 23.7 Å². The Morgan fingerprint density at radius 1 is 1.21 bits per heavy atom. The number of hydrogen-bond acceptors (Lipinski definition) is 3. The molecule has 29 heavy (non-hydrogen) atoms. The maximum Gasteiger partial charge on any atom is 0.387 e. The van der Waals surface area contributed by atoms with E-state index in [1.165, 1.54) is 37.4 Å². The van der Waals surface area contributed by atoms with Crippen LogP contribution in [0.25, 0.3) is 0 Å². The fraction of sp³-hybridized carbons (Fsp3) is 0.350. The lowest BCUT2D eigenvalue weighted by atomic mass is 10.1. The molecule has 156 valence electrons. The summed E-state index contributed by atoms with van der Waals surface area (Å²) in [6.07, 6.45) is 0.553. The summed E-state index contributed by atoms with van der Waals surface area (Å²) in [7, 11) is 3.01. The van der Waals surface area contributed by atoms with E-state index in [1.54, 1.807) is 13.1 Å². The van der Waals surface area contributed by atoms with Crippen LogP contribution in [-0.4, -0.2) is 32.8 Å². The minimum atomic E-state index is -2.96. The highest BCUT2D eigenvalue weighted by Crippen LogP contribution is 2.43. The summed E-state index contributed by atoms with van der Waals surface area (Å²) >= 11 is 0. The van der Waals surface area contributed by atoms with Crippen molar-refractivity contribution >= 4 is 5.96 Å². The van der Waals surface area contributed by atoms with Crippen molar-refractivity contribution < 1.29 is 27.0 Å². The van der Waals surface area contributed by atoms with E-state index >= 15 is 0 Å². The molecule has 1 aliphatic carbocycles. The molecule has 1 fully saturated rings. The maximum absolute atomic E-state index is 13.9. The number of methoxy groups -OCH3 is 1. The van der Waals surface area contributed by atoms with Crippen LogP contribution < -0.4 is 20.1 Å². The molecule has 0 heterocycles. The monoisotopic (exact) mass is 411 g/mol. The fourth-order valence-corrected chi connectivity index (χ4v) is 3.12. The number of halogens is 4. The van der Waals surface area contributed by atoms with Gasteiger partial charge in [-0.15, -0.1) is 0 Å². The first-order chi connectivity index (χ1) is 13.9. The molecule has 1 saturated carbocycles. The zero-order chi connectivity index (χ0) is 21.0. The minimum absolute atomic E-state index is 0.0153. The van der Waals surface area contributed by atoms with Gasteiger partial charge in [0.15, 0.2) is 5.96 Å². The van der Waals surface area contributed by atoms with Gasteiger partial charge in [0, 0.05) is 36.7 Å². The third kappa shape index (κ3) is 5.10. The van der Waals surface area contributed by atoms with Crippen molar-refractivity contribution in [2.45, 2.75) is 31.5 Å². The highest BCUT2D eigenvalue weighted by Gasteiger charge is 2.42. The second kappa shape index (κ2) is 9.02. The average molecular weight is 411 g/mol. The number of nitrogens with zero attached hydrogens (tertiary/aromatic N) is 1. The molecule has 2 N–H and O–H groups in total. The Hall–Kier alpha value is -2.97. The van der Waals surface area contributed by atoms with Crippen molar-refractivity contribution in [1.29, 1.82) is 0 Å². The summed E-state index contributed by atoms with van der Waals surface area (Å²) in [4.78, 5) is 4.08. The van der Waals surface area contributed by atoms with Crippen molar-refractivity contribution in [3.8, 4) is 11.5 Å². The molecule has 9 heteroatoms. The van der Waals surface area contributed by atoms with E-state index in [1.807, 2.05) is 0 Å². The Morgan fingerprint density at radius 2 is 1.93 bits per heavy atom. The van der Waals surface area contributed by atoms with Gasteiger partial charge in [-0.1, -0.05) is 6.07 Å². The molecule has 0 aromatic heterocycles. The Labute approximate surface area is 165 Å². The number of benzene rings is 2. The van der Waals surface area contributed by atoms with E-state index in [4.69, 9.17) is 4.74 Å². The summed E-state index contributed by atoms with van der Waals surface area (Å²) < 4.78 is 62.8. The summed E-state index contributed by atoms with van der Waals surface area (Å²) in [5.74, 6) is -0.575. The van der Waals surface area contributed by atoms with Crippen LogP contribution in [0.15, 0.2) is 41.4 Å². The van der Waals surface area contributed by atoms with Crippen molar-refractivity contribution in [3.05, 3.63) is 59.2 Å². The highest BCUT2D eigenvalue weighted by molar-refractivity contribution is 5.80. The van der Waals surface area contributed by atoms with Crippen LogP contribution in [0, 0.1) is 11.6 Å². The third-order valence-corrected chi connectivity index (χ3v) is 4.64. The van der Waals surface area contributed by atoms with Crippen molar-refractivity contribution in [1.82, 2.24) is 10.6 Å². The third-order valence-electron chi connectivity index (χ3n) is 4.64. The lowest BCUT2D eigenvalue weighted by Gasteiger charge is -2.15. The Balaban J connectivity index is 1.63. The normalized spacial score (nSPS) is 18.5. The predicted octanol–water partition coefficient (Wildman–Crippen LogP) is 3.80. The van der Waals surface area contributed by atoms with Gasteiger partial charge in [0.1, 0.15) is 23.1 Å². The van der Waals surface area contributed by atoms with Gasteiger partial charge in [-0.2, -0.15) is 8.78 Å². The van der Waals surface area contributed by atoms with Crippen LogP contribution >= 0.6 is 0 Å². The fourth-order valence-electron chi connectivity index (χ4n) is 3.12. The highest BCUT2D eigenvalue weighted by atomic mass is 19.3. The van der Waals surface area contributed by atoms with Crippen molar-refractivity contribution in [2.75, 3.05) is 14.2 Å².